The summed E-state index contributed by atoms with van der Waals surface area (Å²) in [5, 5.41) is 3.43. The highest BCUT2D eigenvalue weighted by atomic mass is 32.2. The third-order valence-corrected chi connectivity index (χ3v) is 3.92. The highest BCUT2D eigenvalue weighted by molar-refractivity contribution is 7.85. The fourth-order valence-corrected chi connectivity index (χ4v) is 2.90. The molecule has 0 aromatic heterocycles. The predicted octanol–water partition coefficient (Wildman–Crippen LogP) is 1.08. The van der Waals surface area contributed by atoms with E-state index in [-0.39, 0.29) is 0 Å². The van der Waals surface area contributed by atoms with Gasteiger partial charge in [-0.25, -0.2) is 0 Å². The summed E-state index contributed by atoms with van der Waals surface area (Å²) in [6.07, 6.45) is 4.87. The van der Waals surface area contributed by atoms with Gasteiger partial charge in [-0.3, -0.25) is 4.21 Å². The van der Waals surface area contributed by atoms with Crippen LogP contribution in [0.5, 0.6) is 0 Å². The molecule has 15 heavy (non-hydrogen) atoms. The molecule has 3 nitrogen and oxygen atoms in total. The van der Waals surface area contributed by atoms with Crippen LogP contribution in [0, 0.1) is 0 Å². The molecule has 0 aliphatic carbocycles. The molecule has 1 heterocycles. The quantitative estimate of drug-likeness (QED) is 0.526. The fraction of sp³-hybridized carbons (Fsp3) is 0.818. The molecule has 1 N–H and O–H groups in total. The molecule has 0 unspecified atom stereocenters. The Kier molecular flexibility index (Phi) is 6.88. The average molecular weight is 231 g/mol. The maximum atomic E-state index is 11.1. The maximum absolute atomic E-state index is 11.1. The van der Waals surface area contributed by atoms with E-state index < -0.39 is 10.8 Å². The number of hydrogen-bond acceptors (Lipinski definition) is 3. The van der Waals surface area contributed by atoms with Crippen molar-refractivity contribution >= 4 is 10.8 Å². The van der Waals surface area contributed by atoms with Gasteiger partial charge in [-0.05, 0) is 19.3 Å². The highest BCUT2D eigenvalue weighted by Crippen LogP contribution is 2.08. The van der Waals surface area contributed by atoms with Crippen molar-refractivity contribution in [2.45, 2.75) is 25.3 Å². The second-order valence-corrected chi connectivity index (χ2v) is 5.46. The van der Waals surface area contributed by atoms with Gasteiger partial charge in [0.25, 0.3) is 0 Å². The lowest BCUT2D eigenvalue weighted by molar-refractivity contribution is 0.138. The molecule has 0 atom stereocenters. The molecule has 0 amide bonds. The van der Waals surface area contributed by atoms with Crippen LogP contribution >= 0.6 is 0 Å². The Balaban J connectivity index is 1.91. The summed E-state index contributed by atoms with van der Waals surface area (Å²) < 4.78 is 16.5. The molecular formula is C11H21NO2S. The van der Waals surface area contributed by atoms with Crippen molar-refractivity contribution in [2.24, 2.45) is 0 Å². The number of rotatable bonds is 7. The molecule has 0 spiro atoms. The van der Waals surface area contributed by atoms with Crippen LogP contribution in [0.3, 0.4) is 0 Å². The van der Waals surface area contributed by atoms with Crippen molar-refractivity contribution < 1.29 is 8.95 Å². The van der Waals surface area contributed by atoms with Gasteiger partial charge in [0, 0.05) is 34.9 Å². The van der Waals surface area contributed by atoms with Crippen molar-refractivity contribution in [3.05, 3.63) is 12.7 Å². The lowest BCUT2D eigenvalue weighted by Gasteiger charge is -2.22. The molecule has 1 aliphatic rings. The van der Waals surface area contributed by atoms with E-state index in [4.69, 9.17) is 4.74 Å². The van der Waals surface area contributed by atoms with Gasteiger partial charge in [0.05, 0.1) is 13.2 Å². The van der Waals surface area contributed by atoms with Gasteiger partial charge >= 0.3 is 0 Å². The first-order chi connectivity index (χ1) is 7.33. The molecule has 1 rings (SSSR count). The van der Waals surface area contributed by atoms with Gasteiger partial charge in [-0.15, -0.1) is 6.58 Å². The van der Waals surface area contributed by atoms with Gasteiger partial charge < -0.3 is 10.1 Å². The smallest absolute Gasteiger partial charge is 0.0591 e. The van der Waals surface area contributed by atoms with Gasteiger partial charge in [-0.2, -0.15) is 0 Å². The third-order valence-electron chi connectivity index (χ3n) is 2.53. The lowest BCUT2D eigenvalue weighted by atomic mass is 10.1. The van der Waals surface area contributed by atoms with Crippen LogP contribution < -0.4 is 5.32 Å². The second-order valence-electron chi connectivity index (χ2n) is 3.77. The summed E-state index contributed by atoms with van der Waals surface area (Å²) >= 11 is 0. The van der Waals surface area contributed by atoms with Gasteiger partial charge in [0.15, 0.2) is 0 Å². The Morgan fingerprint density at radius 3 is 2.80 bits per heavy atom. The standard InChI is InChI=1S/C11H21NO2S/c1-2-3-7-14-8-6-12-11-4-9-15(13)10-5-11/h2,11-12H,1,3-10H2. The monoisotopic (exact) mass is 231 g/mol. The Bertz CT molecular complexity index is 199. The van der Waals surface area contributed by atoms with Crippen LogP contribution in [0.4, 0.5) is 0 Å². The van der Waals surface area contributed by atoms with Gasteiger partial charge in [0.2, 0.25) is 0 Å². The zero-order chi connectivity index (χ0) is 10.9. The van der Waals surface area contributed by atoms with Crippen LogP contribution in [-0.4, -0.2) is 41.5 Å². The van der Waals surface area contributed by atoms with Crippen LogP contribution in [-0.2, 0) is 15.5 Å². The summed E-state index contributed by atoms with van der Waals surface area (Å²) in [6.45, 7) is 6.05. The molecule has 1 saturated heterocycles. The third kappa shape index (κ3) is 6.07. The molecule has 88 valence electrons. The first-order valence-electron chi connectivity index (χ1n) is 5.60. The first-order valence-corrected chi connectivity index (χ1v) is 7.08. The Morgan fingerprint density at radius 2 is 2.13 bits per heavy atom. The van der Waals surface area contributed by atoms with Gasteiger partial charge in [-0.1, -0.05) is 6.08 Å². The topological polar surface area (TPSA) is 38.3 Å². The highest BCUT2D eigenvalue weighted by Gasteiger charge is 2.16. The summed E-state index contributed by atoms with van der Waals surface area (Å²) in [5.41, 5.74) is 0. The number of hydrogen-bond donors (Lipinski definition) is 1. The van der Waals surface area contributed by atoms with Crippen molar-refractivity contribution in [2.75, 3.05) is 31.3 Å². The molecule has 0 aromatic carbocycles. The van der Waals surface area contributed by atoms with E-state index in [1.807, 2.05) is 6.08 Å². The maximum Gasteiger partial charge on any atom is 0.0591 e. The van der Waals surface area contributed by atoms with E-state index in [0.717, 1.165) is 50.5 Å². The average Bonchev–Trinajstić information content (AvgIpc) is 2.26. The summed E-state index contributed by atoms with van der Waals surface area (Å²) in [6, 6.07) is 0.547. The normalized spacial score (nSPS) is 26.4. The molecule has 4 heteroatoms. The second kappa shape index (κ2) is 8.02. The summed E-state index contributed by atoms with van der Waals surface area (Å²) in [7, 11) is -0.555. The van der Waals surface area contributed by atoms with E-state index >= 15 is 0 Å². The number of ether oxygens (including phenoxy) is 1. The van der Waals surface area contributed by atoms with Crippen molar-refractivity contribution in [3.8, 4) is 0 Å². The van der Waals surface area contributed by atoms with Crippen LogP contribution in [0.1, 0.15) is 19.3 Å². The van der Waals surface area contributed by atoms with Crippen LogP contribution in [0.15, 0.2) is 12.7 Å². The molecule has 1 aliphatic heterocycles. The molecule has 1 fully saturated rings. The zero-order valence-electron chi connectivity index (χ0n) is 9.24. The van der Waals surface area contributed by atoms with E-state index in [2.05, 4.69) is 11.9 Å². The van der Waals surface area contributed by atoms with Crippen molar-refractivity contribution in [1.29, 1.82) is 0 Å². The van der Waals surface area contributed by atoms with Crippen LogP contribution in [0.25, 0.3) is 0 Å². The van der Waals surface area contributed by atoms with Crippen molar-refractivity contribution in [3.63, 3.8) is 0 Å². The Labute approximate surface area is 94.7 Å². The summed E-state index contributed by atoms with van der Waals surface area (Å²) in [5.74, 6) is 1.71. The minimum atomic E-state index is -0.555. The first kappa shape index (κ1) is 12.9. The molecule has 0 radical (unpaired) electrons. The Morgan fingerprint density at radius 1 is 1.40 bits per heavy atom. The Hall–Kier alpha value is -0.190. The van der Waals surface area contributed by atoms with E-state index in [1.54, 1.807) is 0 Å². The molecular weight excluding hydrogens is 210 g/mol. The minimum absolute atomic E-state index is 0.547. The molecule has 0 bridgehead atoms. The zero-order valence-corrected chi connectivity index (χ0v) is 10.1. The number of nitrogens with one attached hydrogen (secondary N) is 1. The van der Waals surface area contributed by atoms with E-state index in [9.17, 15) is 4.21 Å². The fourth-order valence-electron chi connectivity index (χ4n) is 1.60. The summed E-state index contributed by atoms with van der Waals surface area (Å²) in [4.78, 5) is 0. The van der Waals surface area contributed by atoms with Crippen molar-refractivity contribution in [1.82, 2.24) is 5.32 Å². The van der Waals surface area contributed by atoms with Crippen LogP contribution in [0.2, 0.25) is 0 Å². The van der Waals surface area contributed by atoms with Gasteiger partial charge in [0.1, 0.15) is 0 Å². The molecule has 0 saturated carbocycles. The van der Waals surface area contributed by atoms with E-state index in [1.165, 1.54) is 0 Å². The minimum Gasteiger partial charge on any atom is -0.380 e. The molecule has 0 aromatic rings. The lowest BCUT2D eigenvalue weighted by Crippen LogP contribution is -2.37. The van der Waals surface area contributed by atoms with E-state index in [0.29, 0.717) is 6.04 Å². The predicted molar refractivity (Wildman–Crippen MR) is 64.5 cm³/mol. The largest absolute Gasteiger partial charge is 0.380 e. The SMILES string of the molecule is C=CCCOCCNC1CCS(=O)CC1.